The highest BCUT2D eigenvalue weighted by molar-refractivity contribution is 5.99. The molecule has 1 aromatic carbocycles. The Morgan fingerprint density at radius 3 is 2.56 bits per heavy atom. The van der Waals surface area contributed by atoms with Crippen molar-refractivity contribution in [2.45, 2.75) is 31.7 Å². The summed E-state index contributed by atoms with van der Waals surface area (Å²) in [5.41, 5.74) is 3.15. The standard InChI is InChI=1S/C22H23F2N5O3/c23-16-18(25)15-20(17(24)19(16)28-10-9-27-14-7-3-4-8-26-14)29(12-5-1-2-6-12)11-13(21(15)30)22(31)32/h3-4,7-8,11-12,28H,1-2,5-6,9-10,25H2,(H,26,27)(H,31,32). The van der Waals surface area contributed by atoms with Crippen molar-refractivity contribution in [2.75, 3.05) is 29.5 Å². The molecule has 0 atom stereocenters. The summed E-state index contributed by atoms with van der Waals surface area (Å²) >= 11 is 0. The van der Waals surface area contributed by atoms with Gasteiger partial charge in [-0.05, 0) is 25.0 Å². The van der Waals surface area contributed by atoms with Crippen molar-refractivity contribution in [3.8, 4) is 0 Å². The number of halogens is 2. The molecule has 5 N–H and O–H groups in total. The number of rotatable bonds is 7. The molecule has 168 valence electrons. The first kappa shape index (κ1) is 21.5. The van der Waals surface area contributed by atoms with Crippen LogP contribution in [0.2, 0.25) is 0 Å². The smallest absolute Gasteiger partial charge is 0.341 e. The molecule has 1 aliphatic rings. The van der Waals surface area contributed by atoms with Gasteiger partial charge in [0, 0.05) is 31.5 Å². The van der Waals surface area contributed by atoms with E-state index in [0.29, 0.717) is 25.2 Å². The van der Waals surface area contributed by atoms with Gasteiger partial charge in [0.15, 0.2) is 11.6 Å². The molecule has 0 saturated heterocycles. The van der Waals surface area contributed by atoms with Gasteiger partial charge < -0.3 is 26.0 Å². The molecular formula is C22H23F2N5O3. The van der Waals surface area contributed by atoms with Crippen molar-refractivity contribution in [3.63, 3.8) is 0 Å². The van der Waals surface area contributed by atoms with Gasteiger partial charge in [-0.15, -0.1) is 0 Å². The number of nitrogens with zero attached hydrogens (tertiary/aromatic N) is 2. The Kier molecular flexibility index (Phi) is 5.93. The number of anilines is 3. The minimum absolute atomic E-state index is 0.149. The maximum absolute atomic E-state index is 15.6. The van der Waals surface area contributed by atoms with Crippen LogP contribution in [0.4, 0.5) is 26.0 Å². The van der Waals surface area contributed by atoms with Crippen molar-refractivity contribution in [2.24, 2.45) is 0 Å². The lowest BCUT2D eigenvalue weighted by Crippen LogP contribution is -2.24. The third-order valence-electron chi connectivity index (χ3n) is 5.73. The number of carboxylic acid groups (broad SMARTS) is 1. The van der Waals surface area contributed by atoms with Crippen LogP contribution in [-0.4, -0.2) is 33.7 Å². The molecule has 0 radical (unpaired) electrons. The summed E-state index contributed by atoms with van der Waals surface area (Å²) in [5, 5.41) is 14.7. The van der Waals surface area contributed by atoms with Crippen molar-refractivity contribution in [1.29, 1.82) is 0 Å². The van der Waals surface area contributed by atoms with Gasteiger partial charge >= 0.3 is 5.97 Å². The number of aromatic nitrogens is 2. The highest BCUT2D eigenvalue weighted by Gasteiger charge is 2.28. The quantitative estimate of drug-likeness (QED) is 0.325. The van der Waals surface area contributed by atoms with Gasteiger partial charge in [-0.1, -0.05) is 18.9 Å². The van der Waals surface area contributed by atoms with Crippen molar-refractivity contribution >= 4 is 34.1 Å². The second-order valence-electron chi connectivity index (χ2n) is 7.73. The summed E-state index contributed by atoms with van der Waals surface area (Å²) in [6.07, 6.45) is 5.95. The first-order valence-electron chi connectivity index (χ1n) is 10.4. The zero-order valence-corrected chi connectivity index (χ0v) is 17.2. The maximum atomic E-state index is 15.6. The monoisotopic (exact) mass is 443 g/mol. The highest BCUT2D eigenvalue weighted by Crippen LogP contribution is 2.37. The Labute approximate surface area is 182 Å². The van der Waals surface area contributed by atoms with Gasteiger partial charge in [0.2, 0.25) is 5.43 Å². The van der Waals surface area contributed by atoms with Crippen LogP contribution in [0, 0.1) is 11.6 Å². The molecule has 2 heterocycles. The van der Waals surface area contributed by atoms with E-state index in [1.807, 2.05) is 0 Å². The lowest BCUT2D eigenvalue weighted by molar-refractivity contribution is 0.0694. The van der Waals surface area contributed by atoms with E-state index in [4.69, 9.17) is 5.73 Å². The van der Waals surface area contributed by atoms with Gasteiger partial charge in [-0.25, -0.2) is 18.6 Å². The molecule has 1 aliphatic carbocycles. The number of aromatic carboxylic acids is 1. The van der Waals surface area contributed by atoms with Crippen LogP contribution >= 0.6 is 0 Å². The molecule has 32 heavy (non-hydrogen) atoms. The van der Waals surface area contributed by atoms with E-state index in [9.17, 15) is 14.7 Å². The van der Waals surface area contributed by atoms with E-state index < -0.39 is 45.4 Å². The summed E-state index contributed by atoms with van der Waals surface area (Å²) in [6, 6.07) is 5.13. The summed E-state index contributed by atoms with van der Waals surface area (Å²) < 4.78 is 32.0. The van der Waals surface area contributed by atoms with Crippen molar-refractivity contribution in [3.05, 3.63) is 58.0 Å². The molecule has 0 spiro atoms. The molecular weight excluding hydrogens is 420 g/mol. The molecule has 0 bridgehead atoms. The minimum atomic E-state index is -1.47. The van der Waals surface area contributed by atoms with Crippen molar-refractivity contribution < 1.29 is 18.7 Å². The molecule has 2 aromatic heterocycles. The Morgan fingerprint density at radius 1 is 1.19 bits per heavy atom. The van der Waals surface area contributed by atoms with Gasteiger partial charge in [-0.2, -0.15) is 0 Å². The minimum Gasteiger partial charge on any atom is -0.477 e. The van der Waals surface area contributed by atoms with Gasteiger partial charge in [0.25, 0.3) is 0 Å². The Balaban J connectivity index is 1.76. The number of nitrogens with one attached hydrogen (secondary N) is 2. The Morgan fingerprint density at radius 2 is 1.91 bits per heavy atom. The first-order valence-corrected chi connectivity index (χ1v) is 10.4. The van der Waals surface area contributed by atoms with Crippen LogP contribution in [0.1, 0.15) is 42.1 Å². The van der Waals surface area contributed by atoms with E-state index in [1.165, 1.54) is 4.57 Å². The van der Waals surface area contributed by atoms with Crippen molar-refractivity contribution in [1.82, 2.24) is 9.55 Å². The summed E-state index contributed by atoms with van der Waals surface area (Å²) in [6.45, 7) is 0.470. The second-order valence-corrected chi connectivity index (χ2v) is 7.73. The Hall–Kier alpha value is -3.69. The molecule has 8 nitrogen and oxygen atoms in total. The van der Waals surface area contributed by atoms with Crippen LogP contribution < -0.4 is 21.8 Å². The molecule has 3 aromatic rings. The number of pyridine rings is 2. The number of nitrogens with two attached hydrogens (primary N) is 1. The number of benzene rings is 1. The lowest BCUT2D eigenvalue weighted by atomic mass is 10.1. The summed E-state index contributed by atoms with van der Waals surface area (Å²) in [5.74, 6) is -2.94. The van der Waals surface area contributed by atoms with Crippen LogP contribution in [0.5, 0.6) is 0 Å². The first-order chi connectivity index (χ1) is 15.4. The Bertz CT molecular complexity index is 1220. The molecule has 0 amide bonds. The zero-order valence-electron chi connectivity index (χ0n) is 17.2. The van der Waals surface area contributed by atoms with Gasteiger partial charge in [0.05, 0.1) is 16.6 Å². The molecule has 0 aliphatic heterocycles. The van der Waals surface area contributed by atoms with E-state index in [2.05, 4.69) is 15.6 Å². The van der Waals surface area contributed by atoms with Crippen LogP contribution in [-0.2, 0) is 0 Å². The maximum Gasteiger partial charge on any atom is 0.341 e. The average Bonchev–Trinajstić information content (AvgIpc) is 3.32. The normalized spacial score (nSPS) is 14.1. The van der Waals surface area contributed by atoms with E-state index in [1.54, 1.807) is 24.4 Å². The number of carbonyl (C=O) groups is 1. The fraction of sp³-hybridized carbons (Fsp3) is 0.318. The van der Waals surface area contributed by atoms with E-state index in [-0.39, 0.29) is 18.1 Å². The largest absolute Gasteiger partial charge is 0.477 e. The van der Waals surface area contributed by atoms with E-state index in [0.717, 1.165) is 19.0 Å². The van der Waals surface area contributed by atoms with E-state index >= 15 is 8.78 Å². The molecule has 4 rings (SSSR count). The number of hydrogen-bond acceptors (Lipinski definition) is 6. The fourth-order valence-electron chi connectivity index (χ4n) is 4.19. The predicted octanol–water partition coefficient (Wildman–Crippen LogP) is 3.59. The topological polar surface area (TPSA) is 122 Å². The van der Waals surface area contributed by atoms with Gasteiger partial charge in [-0.3, -0.25) is 4.79 Å². The fourth-order valence-corrected chi connectivity index (χ4v) is 4.19. The molecule has 10 heteroatoms. The summed E-state index contributed by atoms with van der Waals surface area (Å²) in [7, 11) is 0. The summed E-state index contributed by atoms with van der Waals surface area (Å²) in [4.78, 5) is 28.5. The average molecular weight is 443 g/mol. The van der Waals surface area contributed by atoms with Crippen LogP contribution in [0.3, 0.4) is 0 Å². The molecule has 0 unspecified atom stereocenters. The number of hydrogen-bond donors (Lipinski definition) is 4. The van der Waals surface area contributed by atoms with Crippen LogP contribution in [0.15, 0.2) is 35.4 Å². The number of fused-ring (bicyclic) bond motifs is 1. The number of nitrogen functional groups attached to an aromatic ring is 1. The highest BCUT2D eigenvalue weighted by atomic mass is 19.1. The second kappa shape index (κ2) is 8.81. The third kappa shape index (κ3) is 3.83. The molecule has 1 saturated carbocycles. The van der Waals surface area contributed by atoms with Crippen LogP contribution in [0.25, 0.3) is 10.9 Å². The SMILES string of the molecule is Nc1c(F)c(NCCNc2ccccn2)c(F)c2c1c(=O)c(C(=O)O)cn2C1CCCC1. The number of carboxylic acids is 1. The zero-order chi connectivity index (χ0) is 22.8. The predicted molar refractivity (Wildman–Crippen MR) is 118 cm³/mol. The molecule has 1 fully saturated rings. The third-order valence-corrected chi connectivity index (χ3v) is 5.73. The lowest BCUT2D eigenvalue weighted by Gasteiger charge is -2.22. The van der Waals surface area contributed by atoms with Gasteiger partial charge in [0.1, 0.15) is 17.1 Å².